The summed E-state index contributed by atoms with van der Waals surface area (Å²) in [4.78, 5) is 0. The van der Waals surface area contributed by atoms with Crippen molar-refractivity contribution >= 4 is 8.56 Å². The van der Waals surface area contributed by atoms with Gasteiger partial charge in [-0.05, 0) is 25.9 Å². The molecule has 1 aliphatic heterocycles. The van der Waals surface area contributed by atoms with E-state index in [0.717, 1.165) is 32.7 Å². The molecule has 1 heterocycles. The van der Waals surface area contributed by atoms with Crippen LogP contribution in [-0.4, -0.2) is 34.5 Å². The molecule has 96 valence electrons. The standard InChI is InChI=1S/C12H26O3Si/c1-6-8-14-16(4,5)15-11(7-2)12(3)9-13-10-12/h11H,6-10H2,1-5H3. The van der Waals surface area contributed by atoms with Crippen LogP contribution in [0.15, 0.2) is 0 Å². The van der Waals surface area contributed by atoms with Crippen LogP contribution in [0.1, 0.15) is 33.6 Å². The Kier molecular flexibility index (Phi) is 4.98. The van der Waals surface area contributed by atoms with Crippen LogP contribution in [0.2, 0.25) is 13.1 Å². The maximum atomic E-state index is 6.23. The Labute approximate surface area is 101 Å². The second-order valence-electron chi connectivity index (χ2n) is 5.41. The molecule has 1 saturated heterocycles. The van der Waals surface area contributed by atoms with Crippen molar-refractivity contribution in [1.82, 2.24) is 0 Å². The molecule has 0 radical (unpaired) electrons. The van der Waals surface area contributed by atoms with E-state index in [1.807, 2.05) is 0 Å². The first-order chi connectivity index (χ1) is 7.43. The molecule has 0 saturated carbocycles. The second kappa shape index (κ2) is 5.62. The molecule has 0 amide bonds. The van der Waals surface area contributed by atoms with Gasteiger partial charge in [0.05, 0.1) is 19.3 Å². The van der Waals surface area contributed by atoms with Crippen molar-refractivity contribution in [1.29, 1.82) is 0 Å². The summed E-state index contributed by atoms with van der Waals surface area (Å²) in [6, 6.07) is 0. The lowest BCUT2D eigenvalue weighted by Crippen LogP contribution is -2.54. The molecule has 0 aromatic carbocycles. The van der Waals surface area contributed by atoms with Crippen molar-refractivity contribution in [2.24, 2.45) is 5.41 Å². The summed E-state index contributed by atoms with van der Waals surface area (Å²) >= 11 is 0. The van der Waals surface area contributed by atoms with Crippen molar-refractivity contribution in [3.8, 4) is 0 Å². The zero-order valence-corrected chi connectivity index (χ0v) is 12.3. The van der Waals surface area contributed by atoms with E-state index >= 15 is 0 Å². The number of rotatable bonds is 7. The van der Waals surface area contributed by atoms with Crippen LogP contribution in [0.4, 0.5) is 0 Å². The van der Waals surface area contributed by atoms with Gasteiger partial charge in [0.2, 0.25) is 0 Å². The number of hydrogen-bond acceptors (Lipinski definition) is 3. The van der Waals surface area contributed by atoms with E-state index in [9.17, 15) is 0 Å². The van der Waals surface area contributed by atoms with Crippen LogP contribution < -0.4 is 0 Å². The van der Waals surface area contributed by atoms with Crippen LogP contribution in [0.25, 0.3) is 0 Å². The third-order valence-electron chi connectivity index (χ3n) is 3.09. The van der Waals surface area contributed by atoms with Crippen molar-refractivity contribution in [2.45, 2.75) is 52.8 Å². The molecule has 0 aromatic rings. The van der Waals surface area contributed by atoms with Crippen LogP contribution in [-0.2, 0) is 13.6 Å². The summed E-state index contributed by atoms with van der Waals surface area (Å²) in [5, 5.41) is 0. The third-order valence-corrected chi connectivity index (χ3v) is 4.84. The normalized spacial score (nSPS) is 21.6. The minimum absolute atomic E-state index is 0.203. The van der Waals surface area contributed by atoms with Gasteiger partial charge in [0.15, 0.2) is 0 Å². The van der Waals surface area contributed by atoms with E-state index in [-0.39, 0.29) is 11.5 Å². The zero-order valence-electron chi connectivity index (χ0n) is 11.3. The fraction of sp³-hybridized carbons (Fsp3) is 1.00. The molecule has 1 rings (SSSR count). The van der Waals surface area contributed by atoms with Gasteiger partial charge in [0, 0.05) is 12.0 Å². The SMILES string of the molecule is CCCO[Si](C)(C)OC(CC)C1(C)COC1. The Morgan fingerprint density at radius 1 is 1.31 bits per heavy atom. The van der Waals surface area contributed by atoms with Gasteiger partial charge in [0.25, 0.3) is 0 Å². The monoisotopic (exact) mass is 246 g/mol. The van der Waals surface area contributed by atoms with Crippen LogP contribution in [0.3, 0.4) is 0 Å². The van der Waals surface area contributed by atoms with Crippen molar-refractivity contribution in [2.75, 3.05) is 19.8 Å². The molecule has 1 atom stereocenters. The van der Waals surface area contributed by atoms with Gasteiger partial charge in [0.1, 0.15) is 0 Å². The van der Waals surface area contributed by atoms with Crippen molar-refractivity contribution < 1.29 is 13.6 Å². The quantitative estimate of drug-likeness (QED) is 0.646. The first-order valence-corrected chi connectivity index (χ1v) is 9.14. The average Bonchev–Trinajstić information content (AvgIpc) is 2.20. The van der Waals surface area contributed by atoms with Crippen molar-refractivity contribution in [3.63, 3.8) is 0 Å². The minimum atomic E-state index is -1.96. The third kappa shape index (κ3) is 3.55. The van der Waals surface area contributed by atoms with Crippen molar-refractivity contribution in [3.05, 3.63) is 0 Å². The zero-order chi connectivity index (χ0) is 12.2. The van der Waals surface area contributed by atoms with Gasteiger partial charge < -0.3 is 13.6 Å². The molecule has 1 aliphatic rings. The van der Waals surface area contributed by atoms with Crippen LogP contribution in [0, 0.1) is 5.41 Å². The highest BCUT2D eigenvalue weighted by molar-refractivity contribution is 6.64. The molecule has 0 aliphatic carbocycles. The maximum Gasteiger partial charge on any atom is 0.331 e. The Bertz CT molecular complexity index is 214. The predicted molar refractivity (Wildman–Crippen MR) is 67.8 cm³/mol. The van der Waals surface area contributed by atoms with Gasteiger partial charge in [-0.25, -0.2) is 0 Å². The lowest BCUT2D eigenvalue weighted by atomic mass is 9.81. The Morgan fingerprint density at radius 2 is 1.94 bits per heavy atom. The van der Waals surface area contributed by atoms with E-state index in [1.54, 1.807) is 0 Å². The lowest BCUT2D eigenvalue weighted by Gasteiger charge is -2.46. The fourth-order valence-corrected chi connectivity index (χ4v) is 3.95. The van der Waals surface area contributed by atoms with E-state index in [4.69, 9.17) is 13.6 Å². The Morgan fingerprint density at radius 3 is 2.31 bits per heavy atom. The van der Waals surface area contributed by atoms with Crippen LogP contribution in [0.5, 0.6) is 0 Å². The molecule has 0 aromatic heterocycles. The van der Waals surface area contributed by atoms with E-state index in [2.05, 4.69) is 33.9 Å². The summed E-state index contributed by atoms with van der Waals surface area (Å²) in [5.74, 6) is 0. The highest BCUT2D eigenvalue weighted by Crippen LogP contribution is 2.35. The molecule has 16 heavy (non-hydrogen) atoms. The summed E-state index contributed by atoms with van der Waals surface area (Å²) in [6.45, 7) is 13.3. The van der Waals surface area contributed by atoms with Crippen LogP contribution >= 0.6 is 0 Å². The van der Waals surface area contributed by atoms with Gasteiger partial charge in [-0.1, -0.05) is 20.8 Å². The highest BCUT2D eigenvalue weighted by atomic mass is 28.4. The summed E-state index contributed by atoms with van der Waals surface area (Å²) in [5.41, 5.74) is 0.203. The summed E-state index contributed by atoms with van der Waals surface area (Å²) < 4.78 is 17.4. The van der Waals surface area contributed by atoms with Gasteiger partial charge in [-0.15, -0.1) is 0 Å². The van der Waals surface area contributed by atoms with E-state index in [1.165, 1.54) is 0 Å². The average molecular weight is 246 g/mol. The highest BCUT2D eigenvalue weighted by Gasteiger charge is 2.44. The van der Waals surface area contributed by atoms with E-state index < -0.39 is 8.56 Å². The molecule has 0 spiro atoms. The molecule has 0 bridgehead atoms. The first kappa shape index (κ1) is 14.2. The smallest absolute Gasteiger partial charge is 0.331 e. The number of ether oxygens (including phenoxy) is 1. The Hall–Kier alpha value is 0.0969. The van der Waals surface area contributed by atoms with E-state index in [0.29, 0.717) is 0 Å². The molecular formula is C12H26O3Si. The molecule has 1 unspecified atom stereocenters. The summed E-state index contributed by atoms with van der Waals surface area (Å²) in [7, 11) is -1.96. The Balaban J connectivity index is 2.48. The molecule has 3 nitrogen and oxygen atoms in total. The number of hydrogen-bond donors (Lipinski definition) is 0. The van der Waals surface area contributed by atoms with Gasteiger partial charge in [-0.3, -0.25) is 0 Å². The second-order valence-corrected chi connectivity index (χ2v) is 8.73. The predicted octanol–water partition coefficient (Wildman–Crippen LogP) is 2.95. The maximum absolute atomic E-state index is 6.23. The molecule has 1 fully saturated rings. The van der Waals surface area contributed by atoms with Gasteiger partial charge in [-0.2, -0.15) is 0 Å². The topological polar surface area (TPSA) is 27.7 Å². The minimum Gasteiger partial charge on any atom is -0.395 e. The molecular weight excluding hydrogens is 220 g/mol. The van der Waals surface area contributed by atoms with Gasteiger partial charge >= 0.3 is 8.56 Å². The summed E-state index contributed by atoms with van der Waals surface area (Å²) in [6.07, 6.45) is 2.36. The fourth-order valence-electron chi connectivity index (χ4n) is 2.05. The molecule has 4 heteroatoms. The largest absolute Gasteiger partial charge is 0.395 e. The molecule has 0 N–H and O–H groups in total. The first-order valence-electron chi connectivity index (χ1n) is 6.33. The lowest BCUT2D eigenvalue weighted by molar-refractivity contribution is -0.159.